The molecule has 4 nitrogen and oxygen atoms in total. The van der Waals surface area contributed by atoms with Crippen LogP contribution in [0, 0.1) is 13.8 Å². The fourth-order valence-corrected chi connectivity index (χ4v) is 1.18. The number of hydrogen-bond acceptors (Lipinski definition) is 4. The quantitative estimate of drug-likeness (QED) is 0.700. The lowest BCUT2D eigenvalue weighted by molar-refractivity contribution is 0.112. The lowest BCUT2D eigenvalue weighted by Crippen LogP contribution is -1.86. The van der Waals surface area contributed by atoms with Crippen LogP contribution in [-0.2, 0) is 0 Å². The zero-order chi connectivity index (χ0) is 10.8. The zero-order valence-electron chi connectivity index (χ0n) is 8.52. The van der Waals surface area contributed by atoms with Gasteiger partial charge in [-0.15, -0.1) is 0 Å². The Morgan fingerprint density at radius 1 is 1.33 bits per heavy atom. The summed E-state index contributed by atoms with van der Waals surface area (Å²) < 4.78 is 5.41. The summed E-state index contributed by atoms with van der Waals surface area (Å²) in [5.74, 6) is 1.27. The second kappa shape index (κ2) is 3.65. The molecule has 2 heterocycles. The average molecular weight is 202 g/mol. The summed E-state index contributed by atoms with van der Waals surface area (Å²) in [6, 6.07) is 3.40. The average Bonchev–Trinajstić information content (AvgIpc) is 2.59. The minimum Gasteiger partial charge on any atom is -0.440 e. The van der Waals surface area contributed by atoms with Gasteiger partial charge in [-0.05, 0) is 26.0 Å². The van der Waals surface area contributed by atoms with E-state index < -0.39 is 0 Å². The third-order valence-electron chi connectivity index (χ3n) is 2.17. The van der Waals surface area contributed by atoms with Crippen LogP contribution in [0.2, 0.25) is 0 Å². The standard InChI is InChI=1S/C11H10N2O2/c1-7-8(2)15-11(13-7)10-4-3-9(6-14)5-12-10/h3-6H,1-2H3. The Bertz CT molecular complexity index is 466. The van der Waals surface area contributed by atoms with Crippen molar-refractivity contribution in [3.8, 4) is 11.6 Å². The van der Waals surface area contributed by atoms with Crippen molar-refractivity contribution in [2.24, 2.45) is 0 Å². The number of rotatable bonds is 2. The number of aryl methyl sites for hydroxylation is 2. The van der Waals surface area contributed by atoms with Gasteiger partial charge in [-0.1, -0.05) is 0 Å². The number of carbonyl (C=O) groups is 1. The maximum atomic E-state index is 10.4. The van der Waals surface area contributed by atoms with E-state index in [0.717, 1.165) is 17.7 Å². The van der Waals surface area contributed by atoms with Crippen LogP contribution in [0.25, 0.3) is 11.6 Å². The number of aromatic nitrogens is 2. The Balaban J connectivity index is 2.41. The van der Waals surface area contributed by atoms with Gasteiger partial charge in [-0.3, -0.25) is 9.78 Å². The van der Waals surface area contributed by atoms with Gasteiger partial charge in [0, 0.05) is 11.8 Å². The van der Waals surface area contributed by atoms with Crippen LogP contribution < -0.4 is 0 Å². The highest BCUT2D eigenvalue weighted by Crippen LogP contribution is 2.18. The van der Waals surface area contributed by atoms with Crippen molar-refractivity contribution in [2.45, 2.75) is 13.8 Å². The van der Waals surface area contributed by atoms with Crippen LogP contribution in [0.4, 0.5) is 0 Å². The van der Waals surface area contributed by atoms with Gasteiger partial charge in [0.25, 0.3) is 0 Å². The first-order chi connectivity index (χ1) is 7.20. The molecule has 0 amide bonds. The van der Waals surface area contributed by atoms with Gasteiger partial charge < -0.3 is 4.42 Å². The molecule has 0 aromatic carbocycles. The molecule has 0 aliphatic heterocycles. The SMILES string of the molecule is Cc1nc(-c2ccc(C=O)cn2)oc1C. The van der Waals surface area contributed by atoms with Gasteiger partial charge in [0.1, 0.15) is 11.5 Å². The molecule has 15 heavy (non-hydrogen) atoms. The Morgan fingerprint density at radius 3 is 2.60 bits per heavy atom. The molecule has 0 aliphatic carbocycles. The van der Waals surface area contributed by atoms with Gasteiger partial charge in [-0.2, -0.15) is 0 Å². The predicted octanol–water partition coefficient (Wildman–Crippen LogP) is 2.17. The summed E-state index contributed by atoms with van der Waals surface area (Å²) in [6.07, 6.45) is 2.25. The number of pyridine rings is 1. The van der Waals surface area contributed by atoms with E-state index in [2.05, 4.69) is 9.97 Å². The highest BCUT2D eigenvalue weighted by molar-refractivity contribution is 5.74. The molecule has 76 valence electrons. The molecular weight excluding hydrogens is 192 g/mol. The fourth-order valence-electron chi connectivity index (χ4n) is 1.18. The van der Waals surface area contributed by atoms with Gasteiger partial charge in [0.15, 0.2) is 6.29 Å². The minimum absolute atomic E-state index is 0.488. The zero-order valence-corrected chi connectivity index (χ0v) is 8.52. The molecule has 2 aromatic heterocycles. The number of oxazole rings is 1. The lowest BCUT2D eigenvalue weighted by atomic mass is 10.3. The Kier molecular flexibility index (Phi) is 2.33. The van der Waals surface area contributed by atoms with Crippen LogP contribution >= 0.6 is 0 Å². The van der Waals surface area contributed by atoms with E-state index in [0.29, 0.717) is 17.1 Å². The van der Waals surface area contributed by atoms with E-state index in [-0.39, 0.29) is 0 Å². The van der Waals surface area contributed by atoms with Crippen molar-refractivity contribution in [1.29, 1.82) is 0 Å². The molecule has 2 rings (SSSR count). The van der Waals surface area contributed by atoms with Crippen molar-refractivity contribution in [1.82, 2.24) is 9.97 Å². The number of hydrogen-bond donors (Lipinski definition) is 0. The molecule has 0 saturated carbocycles. The number of nitrogens with zero attached hydrogens (tertiary/aromatic N) is 2. The molecule has 0 radical (unpaired) electrons. The first-order valence-corrected chi connectivity index (χ1v) is 4.56. The van der Waals surface area contributed by atoms with Crippen molar-refractivity contribution in [3.63, 3.8) is 0 Å². The lowest BCUT2D eigenvalue weighted by Gasteiger charge is -1.93. The highest BCUT2D eigenvalue weighted by atomic mass is 16.4. The van der Waals surface area contributed by atoms with Crippen LogP contribution in [0.15, 0.2) is 22.7 Å². The minimum atomic E-state index is 0.488. The Labute approximate surface area is 87.0 Å². The van der Waals surface area contributed by atoms with E-state index in [1.165, 1.54) is 6.20 Å². The Morgan fingerprint density at radius 2 is 2.13 bits per heavy atom. The largest absolute Gasteiger partial charge is 0.440 e. The molecule has 0 unspecified atom stereocenters. The molecule has 0 fully saturated rings. The Hall–Kier alpha value is -1.97. The molecule has 0 N–H and O–H groups in total. The second-order valence-electron chi connectivity index (χ2n) is 3.26. The van der Waals surface area contributed by atoms with E-state index >= 15 is 0 Å². The summed E-state index contributed by atoms with van der Waals surface area (Å²) in [6.45, 7) is 3.73. The highest BCUT2D eigenvalue weighted by Gasteiger charge is 2.08. The van der Waals surface area contributed by atoms with Crippen molar-refractivity contribution in [3.05, 3.63) is 35.3 Å². The van der Waals surface area contributed by atoms with Crippen LogP contribution in [-0.4, -0.2) is 16.3 Å². The predicted molar refractivity (Wildman–Crippen MR) is 54.6 cm³/mol. The molecular formula is C11H10N2O2. The van der Waals surface area contributed by atoms with E-state index in [4.69, 9.17) is 4.42 Å². The monoisotopic (exact) mass is 202 g/mol. The molecule has 2 aromatic rings. The molecule has 0 aliphatic rings. The van der Waals surface area contributed by atoms with E-state index in [1.807, 2.05) is 13.8 Å². The van der Waals surface area contributed by atoms with Crippen LogP contribution in [0.5, 0.6) is 0 Å². The number of aldehydes is 1. The first kappa shape index (κ1) is 9.58. The fraction of sp³-hybridized carbons (Fsp3) is 0.182. The smallest absolute Gasteiger partial charge is 0.245 e. The van der Waals surface area contributed by atoms with Gasteiger partial charge in [0.05, 0.1) is 5.69 Å². The van der Waals surface area contributed by atoms with Crippen LogP contribution in [0.3, 0.4) is 0 Å². The third-order valence-corrected chi connectivity index (χ3v) is 2.17. The summed E-state index contributed by atoms with van der Waals surface area (Å²) in [5.41, 5.74) is 2.03. The molecule has 4 heteroatoms. The second-order valence-corrected chi connectivity index (χ2v) is 3.26. The molecule has 0 spiro atoms. The van der Waals surface area contributed by atoms with Crippen molar-refractivity contribution < 1.29 is 9.21 Å². The van der Waals surface area contributed by atoms with Crippen molar-refractivity contribution >= 4 is 6.29 Å². The maximum absolute atomic E-state index is 10.4. The molecule has 0 bridgehead atoms. The summed E-state index contributed by atoms with van der Waals surface area (Å²) >= 11 is 0. The van der Waals surface area contributed by atoms with E-state index in [9.17, 15) is 4.79 Å². The van der Waals surface area contributed by atoms with Gasteiger partial charge >= 0.3 is 0 Å². The summed E-state index contributed by atoms with van der Waals surface area (Å²) in [4.78, 5) is 18.7. The first-order valence-electron chi connectivity index (χ1n) is 4.56. The van der Waals surface area contributed by atoms with E-state index in [1.54, 1.807) is 12.1 Å². The topological polar surface area (TPSA) is 56.0 Å². The van der Waals surface area contributed by atoms with Gasteiger partial charge in [-0.25, -0.2) is 4.98 Å². The van der Waals surface area contributed by atoms with Gasteiger partial charge in [0.2, 0.25) is 5.89 Å². The molecule has 0 atom stereocenters. The summed E-state index contributed by atoms with van der Waals surface area (Å²) in [7, 11) is 0. The maximum Gasteiger partial charge on any atom is 0.245 e. The van der Waals surface area contributed by atoms with Crippen LogP contribution in [0.1, 0.15) is 21.8 Å². The molecule has 0 saturated heterocycles. The third kappa shape index (κ3) is 1.79. The normalized spacial score (nSPS) is 10.3. The number of carbonyl (C=O) groups excluding carboxylic acids is 1. The summed E-state index contributed by atoms with van der Waals surface area (Å²) in [5, 5.41) is 0. The van der Waals surface area contributed by atoms with Crippen molar-refractivity contribution in [2.75, 3.05) is 0 Å².